The van der Waals surface area contributed by atoms with Crippen molar-refractivity contribution in [2.45, 2.75) is 45.6 Å². The van der Waals surface area contributed by atoms with Crippen molar-refractivity contribution in [1.29, 1.82) is 0 Å². The zero-order chi connectivity index (χ0) is 10.5. The third-order valence-electron chi connectivity index (χ3n) is 2.42. The Kier molecular flexibility index (Phi) is 7.37. The molecule has 0 heterocycles. The minimum Gasteiger partial charge on any atom is -0.344 e. The monoisotopic (exact) mass is 227 g/mol. The number of hydrogen-bond donors (Lipinski definition) is 1. The lowest BCUT2D eigenvalue weighted by Gasteiger charge is -2.28. The van der Waals surface area contributed by atoms with E-state index in [4.69, 9.17) is 4.18 Å². The molecule has 0 saturated heterocycles. The molecule has 6 heteroatoms. The normalized spacial score (nSPS) is 12.3. The second-order valence-electron chi connectivity index (χ2n) is 2.90. The van der Waals surface area contributed by atoms with E-state index in [-0.39, 0.29) is 6.15 Å². The number of rotatable bonds is 6. The van der Waals surface area contributed by atoms with E-state index in [9.17, 15) is 8.42 Å². The summed E-state index contributed by atoms with van der Waals surface area (Å²) < 4.78 is 31.3. The summed E-state index contributed by atoms with van der Waals surface area (Å²) in [6.07, 6.45) is 1.97. The van der Waals surface area contributed by atoms with Crippen LogP contribution in [0.4, 0.5) is 0 Å². The quantitative estimate of drug-likeness (QED) is 0.750. The molecule has 0 unspecified atom stereocenters. The van der Waals surface area contributed by atoms with Crippen molar-refractivity contribution in [1.82, 2.24) is 6.15 Å². The molecule has 5 nitrogen and oxygen atoms in total. The highest BCUT2D eigenvalue weighted by molar-refractivity contribution is 7.81. The van der Waals surface area contributed by atoms with Gasteiger partial charge in [-0.05, 0) is 19.3 Å². The first kappa shape index (κ1) is 16.3. The van der Waals surface area contributed by atoms with Crippen molar-refractivity contribution in [3.8, 4) is 0 Å². The van der Waals surface area contributed by atoms with Gasteiger partial charge < -0.3 is 6.15 Å². The predicted octanol–water partition coefficient (Wildman–Crippen LogP) is 2.02. The molecule has 0 aromatic carbocycles. The summed E-state index contributed by atoms with van der Waals surface area (Å²) in [6, 6.07) is 0. The van der Waals surface area contributed by atoms with Gasteiger partial charge in [0.25, 0.3) is 0 Å². The molecule has 0 radical (unpaired) electrons. The zero-order valence-corrected chi connectivity index (χ0v) is 10.2. The lowest BCUT2D eigenvalue weighted by atomic mass is 9.95. The van der Waals surface area contributed by atoms with Gasteiger partial charge in [0.2, 0.25) is 0 Å². The van der Waals surface area contributed by atoms with Crippen molar-refractivity contribution in [3.05, 3.63) is 0 Å². The van der Waals surface area contributed by atoms with Crippen molar-refractivity contribution >= 4 is 10.4 Å². The average Bonchev–Trinajstić information content (AvgIpc) is 2.14. The summed E-state index contributed by atoms with van der Waals surface area (Å²) in [6.45, 7) is 5.70. The first-order chi connectivity index (χ1) is 5.95. The van der Waals surface area contributed by atoms with E-state index in [1.54, 1.807) is 0 Å². The second kappa shape index (κ2) is 6.34. The predicted molar refractivity (Wildman–Crippen MR) is 55.6 cm³/mol. The van der Waals surface area contributed by atoms with Crippen LogP contribution in [0.1, 0.15) is 40.0 Å². The van der Waals surface area contributed by atoms with Crippen molar-refractivity contribution in [3.63, 3.8) is 0 Å². The number of hydrogen-bond acceptors (Lipinski definition) is 5. The van der Waals surface area contributed by atoms with Crippen LogP contribution >= 0.6 is 0 Å². The Balaban J connectivity index is 0. The van der Waals surface area contributed by atoms with E-state index >= 15 is 0 Å². The molecule has 0 spiro atoms. The average molecular weight is 227 g/mol. The molecule has 0 aliphatic rings. The molecule has 0 bridgehead atoms. The Morgan fingerprint density at radius 3 is 1.64 bits per heavy atom. The topological polar surface area (TPSA) is 87.6 Å². The molecule has 0 saturated carbocycles. The van der Waals surface area contributed by atoms with Gasteiger partial charge in [-0.15, -0.1) is 0 Å². The van der Waals surface area contributed by atoms with Crippen LogP contribution < -0.4 is 6.15 Å². The minimum absolute atomic E-state index is 0. The second-order valence-corrected chi connectivity index (χ2v) is 4.22. The molecule has 14 heavy (non-hydrogen) atoms. The molecule has 0 aliphatic carbocycles. The fourth-order valence-corrected chi connectivity index (χ4v) is 2.03. The van der Waals surface area contributed by atoms with Gasteiger partial charge in [0.05, 0.1) is 12.7 Å². The lowest BCUT2D eigenvalue weighted by Crippen LogP contribution is -2.33. The highest BCUT2D eigenvalue weighted by Gasteiger charge is 2.31. The Labute approximate surface area is 86.7 Å². The van der Waals surface area contributed by atoms with Crippen LogP contribution in [-0.4, -0.2) is 21.1 Å². The van der Waals surface area contributed by atoms with Crippen LogP contribution in [0.15, 0.2) is 0 Å². The SMILES string of the molecule is CCC(CC)(CC)OS(=O)(=O)OC.N. The smallest absolute Gasteiger partial charge is 0.344 e. The summed E-state index contributed by atoms with van der Waals surface area (Å²) in [5.74, 6) is 0. The maximum atomic E-state index is 11.0. The van der Waals surface area contributed by atoms with E-state index in [0.717, 1.165) is 7.11 Å². The fourth-order valence-electron chi connectivity index (χ4n) is 1.18. The molecule has 0 aliphatic heterocycles. The first-order valence-electron chi connectivity index (χ1n) is 4.46. The molecule has 0 rings (SSSR count). The Hall–Kier alpha value is -0.170. The molecule has 0 aromatic rings. The van der Waals surface area contributed by atoms with E-state index in [0.29, 0.717) is 19.3 Å². The van der Waals surface area contributed by atoms with Gasteiger partial charge in [-0.2, -0.15) is 8.42 Å². The zero-order valence-electron chi connectivity index (χ0n) is 9.37. The molecule has 3 N–H and O–H groups in total. The van der Waals surface area contributed by atoms with Crippen molar-refractivity contribution in [2.24, 2.45) is 0 Å². The molecular weight excluding hydrogens is 206 g/mol. The van der Waals surface area contributed by atoms with Crippen molar-refractivity contribution < 1.29 is 16.8 Å². The standard InChI is InChI=1S/C8H18O4S.H3N/c1-5-8(6-2,7-3)12-13(9,10)11-4;/h5-7H2,1-4H3;1H3. The maximum Gasteiger partial charge on any atom is 0.400 e. The van der Waals surface area contributed by atoms with Gasteiger partial charge in [-0.1, -0.05) is 20.8 Å². The Morgan fingerprint density at radius 1 is 1.07 bits per heavy atom. The van der Waals surface area contributed by atoms with E-state index in [1.165, 1.54) is 0 Å². The summed E-state index contributed by atoms with van der Waals surface area (Å²) >= 11 is 0. The molecular formula is C8H21NO4S. The van der Waals surface area contributed by atoms with E-state index in [2.05, 4.69) is 4.18 Å². The summed E-state index contributed by atoms with van der Waals surface area (Å²) in [5, 5.41) is 0. The van der Waals surface area contributed by atoms with Gasteiger partial charge in [0.1, 0.15) is 0 Å². The van der Waals surface area contributed by atoms with Gasteiger partial charge in [-0.25, -0.2) is 4.18 Å². The van der Waals surface area contributed by atoms with Crippen LogP contribution in [0, 0.1) is 0 Å². The Bertz CT molecular complexity index is 225. The van der Waals surface area contributed by atoms with Crippen LogP contribution in [0.5, 0.6) is 0 Å². The van der Waals surface area contributed by atoms with E-state index < -0.39 is 16.0 Å². The molecule has 0 fully saturated rings. The summed E-state index contributed by atoms with van der Waals surface area (Å²) in [4.78, 5) is 0. The van der Waals surface area contributed by atoms with Gasteiger partial charge in [0, 0.05) is 0 Å². The van der Waals surface area contributed by atoms with Crippen LogP contribution in [0.25, 0.3) is 0 Å². The van der Waals surface area contributed by atoms with Gasteiger partial charge in [-0.3, -0.25) is 4.18 Å². The minimum atomic E-state index is -3.81. The third kappa shape index (κ3) is 4.36. The highest BCUT2D eigenvalue weighted by Crippen LogP contribution is 2.26. The molecule has 0 atom stereocenters. The van der Waals surface area contributed by atoms with Crippen LogP contribution in [-0.2, 0) is 18.8 Å². The summed E-state index contributed by atoms with van der Waals surface area (Å²) in [7, 11) is -2.72. The fraction of sp³-hybridized carbons (Fsp3) is 1.00. The van der Waals surface area contributed by atoms with Crippen LogP contribution in [0.2, 0.25) is 0 Å². The molecule has 0 aromatic heterocycles. The highest BCUT2D eigenvalue weighted by atomic mass is 32.3. The largest absolute Gasteiger partial charge is 0.400 e. The van der Waals surface area contributed by atoms with Crippen LogP contribution in [0.3, 0.4) is 0 Å². The van der Waals surface area contributed by atoms with E-state index in [1.807, 2.05) is 20.8 Å². The molecule has 88 valence electrons. The molecule has 0 amide bonds. The first-order valence-corrected chi connectivity index (χ1v) is 5.79. The Morgan fingerprint density at radius 2 is 1.43 bits per heavy atom. The summed E-state index contributed by atoms with van der Waals surface area (Å²) in [5.41, 5.74) is -0.602. The maximum absolute atomic E-state index is 11.0. The third-order valence-corrected chi connectivity index (χ3v) is 3.38. The van der Waals surface area contributed by atoms with Gasteiger partial charge >= 0.3 is 10.4 Å². The lowest BCUT2D eigenvalue weighted by molar-refractivity contribution is 0.0461. The van der Waals surface area contributed by atoms with Crippen molar-refractivity contribution in [2.75, 3.05) is 7.11 Å². The van der Waals surface area contributed by atoms with Gasteiger partial charge in [0.15, 0.2) is 0 Å².